The van der Waals surface area contributed by atoms with Crippen molar-refractivity contribution in [3.05, 3.63) is 110 Å². The molecule has 1 N–H and O–H groups in total. The highest BCUT2D eigenvalue weighted by Crippen LogP contribution is 2.46. The van der Waals surface area contributed by atoms with E-state index in [1.165, 1.54) is 6.07 Å². The summed E-state index contributed by atoms with van der Waals surface area (Å²) in [6.45, 7) is 11.2. The average molecular weight is 717 g/mol. The van der Waals surface area contributed by atoms with Gasteiger partial charge in [0.2, 0.25) is 5.89 Å². The average Bonchev–Trinajstić information content (AvgIpc) is 3.73. The zero-order valence-corrected chi connectivity index (χ0v) is 30.0. The van der Waals surface area contributed by atoms with Crippen LogP contribution in [0, 0.1) is 30.1 Å². The number of carboxylic acids is 1. The second-order valence-electron chi connectivity index (χ2n) is 14.1. The van der Waals surface area contributed by atoms with Crippen LogP contribution in [-0.4, -0.2) is 39.0 Å². The van der Waals surface area contributed by atoms with Gasteiger partial charge in [-0.25, -0.2) is 4.98 Å². The Hall–Kier alpha value is -4.46. The van der Waals surface area contributed by atoms with Crippen molar-refractivity contribution < 1.29 is 27.5 Å². The van der Waals surface area contributed by atoms with Crippen molar-refractivity contribution in [1.82, 2.24) is 14.9 Å². The van der Waals surface area contributed by atoms with Gasteiger partial charge in [0.1, 0.15) is 11.6 Å². The van der Waals surface area contributed by atoms with Crippen LogP contribution in [0.3, 0.4) is 0 Å². The fourth-order valence-electron chi connectivity index (χ4n) is 7.71. The van der Waals surface area contributed by atoms with Crippen LogP contribution >= 0.6 is 11.6 Å². The summed E-state index contributed by atoms with van der Waals surface area (Å²) in [6.07, 6.45) is 4.16. The summed E-state index contributed by atoms with van der Waals surface area (Å²) in [6, 6.07) is 10.8. The molecule has 1 fully saturated rings. The second-order valence-corrected chi connectivity index (χ2v) is 14.5. The zero-order chi connectivity index (χ0) is 36.8. The molecule has 3 heterocycles. The number of carboxylic acid groups (broad SMARTS) is 1. The molecule has 266 valence electrons. The van der Waals surface area contributed by atoms with Crippen molar-refractivity contribution >= 4 is 34.2 Å². The van der Waals surface area contributed by atoms with E-state index in [0.717, 1.165) is 16.7 Å². The van der Waals surface area contributed by atoms with Gasteiger partial charge in [0.05, 0.1) is 27.8 Å². The van der Waals surface area contributed by atoms with Gasteiger partial charge in [-0.1, -0.05) is 63.6 Å². The molecule has 6 rings (SSSR count). The highest BCUT2D eigenvalue weighted by molar-refractivity contribution is 6.34. The van der Waals surface area contributed by atoms with Crippen LogP contribution in [0.25, 0.3) is 16.7 Å². The van der Waals surface area contributed by atoms with E-state index in [0.29, 0.717) is 76.9 Å². The molecule has 0 bridgehead atoms. The van der Waals surface area contributed by atoms with E-state index in [1.807, 2.05) is 71.0 Å². The SMILES string of the molecule is CCc1cc(C(F)(F)F)c(CC(C)c2nccc(C3(C)C=CC=C(c4nc5cc(CN6CCC(C(=O)O)C6)cc(Cl)c5o4)C3C)c2C#N)cc1C. The van der Waals surface area contributed by atoms with Crippen LogP contribution in [0.4, 0.5) is 13.2 Å². The summed E-state index contributed by atoms with van der Waals surface area (Å²) in [5, 5.41) is 20.3. The van der Waals surface area contributed by atoms with Crippen molar-refractivity contribution in [2.75, 3.05) is 13.1 Å². The molecule has 4 aromatic rings. The fourth-order valence-corrected chi connectivity index (χ4v) is 7.99. The number of aliphatic carboxylic acids is 1. The molecule has 0 saturated carbocycles. The molecule has 2 aromatic heterocycles. The van der Waals surface area contributed by atoms with Gasteiger partial charge in [-0.2, -0.15) is 18.4 Å². The van der Waals surface area contributed by atoms with Gasteiger partial charge in [-0.05, 0) is 90.7 Å². The van der Waals surface area contributed by atoms with E-state index < -0.39 is 29.0 Å². The van der Waals surface area contributed by atoms with Gasteiger partial charge >= 0.3 is 12.1 Å². The first-order valence-electron chi connectivity index (χ1n) is 17.2. The summed E-state index contributed by atoms with van der Waals surface area (Å²) in [5.74, 6) is -1.47. The number of nitriles is 1. The Morgan fingerprint density at radius 1 is 1.25 bits per heavy atom. The van der Waals surface area contributed by atoms with E-state index >= 15 is 0 Å². The number of aromatic nitrogens is 2. The first-order valence-corrected chi connectivity index (χ1v) is 17.5. The number of carbonyl (C=O) groups is 1. The van der Waals surface area contributed by atoms with Crippen molar-refractivity contribution in [1.29, 1.82) is 5.26 Å². The molecule has 0 spiro atoms. The lowest BCUT2D eigenvalue weighted by atomic mass is 9.66. The van der Waals surface area contributed by atoms with Crippen LogP contribution in [-0.2, 0) is 35.8 Å². The van der Waals surface area contributed by atoms with Crippen molar-refractivity contribution in [2.45, 2.75) is 77.9 Å². The van der Waals surface area contributed by atoms with Crippen LogP contribution in [0.5, 0.6) is 0 Å². The molecule has 1 aliphatic carbocycles. The number of rotatable bonds is 9. The molecule has 2 aromatic carbocycles. The number of fused-ring (bicyclic) bond motifs is 1. The normalized spacial score (nSPS) is 21.5. The first kappa shape index (κ1) is 36.3. The number of allylic oxidation sites excluding steroid dienone is 4. The van der Waals surface area contributed by atoms with Crippen molar-refractivity contribution in [3.8, 4) is 6.07 Å². The van der Waals surface area contributed by atoms with Gasteiger partial charge in [0, 0.05) is 36.2 Å². The van der Waals surface area contributed by atoms with E-state index in [9.17, 15) is 28.3 Å². The number of hydrogen-bond donors (Lipinski definition) is 1. The van der Waals surface area contributed by atoms with Gasteiger partial charge in [0.25, 0.3) is 0 Å². The fraction of sp³-hybridized carbons (Fsp3) is 0.400. The molecule has 7 nitrogen and oxygen atoms in total. The maximum absolute atomic E-state index is 14.2. The molecule has 1 saturated heterocycles. The third-order valence-electron chi connectivity index (χ3n) is 10.8. The minimum atomic E-state index is -4.51. The Bertz CT molecular complexity index is 2110. The van der Waals surface area contributed by atoms with Crippen LogP contribution < -0.4 is 0 Å². The predicted molar refractivity (Wildman–Crippen MR) is 190 cm³/mol. The number of hydrogen-bond acceptors (Lipinski definition) is 6. The monoisotopic (exact) mass is 716 g/mol. The van der Waals surface area contributed by atoms with E-state index in [2.05, 4.69) is 16.0 Å². The van der Waals surface area contributed by atoms with E-state index in [4.69, 9.17) is 21.0 Å². The van der Waals surface area contributed by atoms with Crippen molar-refractivity contribution in [2.24, 2.45) is 11.8 Å². The molecule has 0 amide bonds. The van der Waals surface area contributed by atoms with Crippen molar-refractivity contribution in [3.63, 3.8) is 0 Å². The molecule has 4 atom stereocenters. The Morgan fingerprint density at radius 3 is 2.69 bits per heavy atom. The summed E-state index contributed by atoms with van der Waals surface area (Å²) in [5.41, 5.74) is 4.54. The summed E-state index contributed by atoms with van der Waals surface area (Å²) >= 11 is 6.69. The molecular weight excluding hydrogens is 677 g/mol. The van der Waals surface area contributed by atoms with Gasteiger partial charge in [-0.15, -0.1) is 0 Å². The predicted octanol–water partition coefficient (Wildman–Crippen LogP) is 9.44. The zero-order valence-electron chi connectivity index (χ0n) is 29.2. The molecule has 51 heavy (non-hydrogen) atoms. The number of alkyl halides is 3. The second kappa shape index (κ2) is 13.9. The van der Waals surface area contributed by atoms with Gasteiger partial charge in [-0.3, -0.25) is 14.7 Å². The number of halogens is 4. The molecule has 2 aliphatic rings. The van der Waals surface area contributed by atoms with Crippen LogP contribution in [0.15, 0.2) is 59.2 Å². The maximum atomic E-state index is 14.2. The maximum Gasteiger partial charge on any atom is 0.416 e. The number of pyridine rings is 1. The molecule has 4 unspecified atom stereocenters. The van der Waals surface area contributed by atoms with Gasteiger partial charge < -0.3 is 9.52 Å². The number of benzene rings is 2. The lowest BCUT2D eigenvalue weighted by molar-refractivity contribution is -0.141. The largest absolute Gasteiger partial charge is 0.481 e. The summed E-state index contributed by atoms with van der Waals surface area (Å²) < 4.78 is 48.8. The highest BCUT2D eigenvalue weighted by atomic mass is 35.5. The Balaban J connectivity index is 1.29. The summed E-state index contributed by atoms with van der Waals surface area (Å²) in [4.78, 5) is 22.9. The number of nitrogens with zero attached hydrogens (tertiary/aromatic N) is 4. The Morgan fingerprint density at radius 2 is 2.02 bits per heavy atom. The third-order valence-corrected chi connectivity index (χ3v) is 11.1. The third kappa shape index (κ3) is 6.94. The highest BCUT2D eigenvalue weighted by Gasteiger charge is 2.40. The van der Waals surface area contributed by atoms with Gasteiger partial charge in [0.15, 0.2) is 5.58 Å². The minimum Gasteiger partial charge on any atom is -0.481 e. The molecular formula is C40H40ClF3N4O3. The number of aryl methyl sites for hydroxylation is 2. The Labute approximate surface area is 300 Å². The number of oxazole rings is 1. The van der Waals surface area contributed by atoms with E-state index in [-0.39, 0.29) is 23.8 Å². The van der Waals surface area contributed by atoms with E-state index in [1.54, 1.807) is 12.3 Å². The smallest absolute Gasteiger partial charge is 0.416 e. The molecule has 0 radical (unpaired) electrons. The lowest BCUT2D eigenvalue weighted by Crippen LogP contribution is -2.32. The Kier molecular flexibility index (Phi) is 9.92. The lowest BCUT2D eigenvalue weighted by Gasteiger charge is -2.37. The minimum absolute atomic E-state index is 0.0711. The van der Waals surface area contributed by atoms with Crippen LogP contribution in [0.1, 0.15) is 90.6 Å². The molecule has 1 aliphatic heterocycles. The quantitative estimate of drug-likeness (QED) is 0.184. The topological polar surface area (TPSA) is 103 Å². The standard InChI is InChI=1S/C40H40ClF3N4O3/c1-6-26-18-32(40(42,43)44)28(14-22(26)2)15-23(3)35-30(19-45)31(9-12-46-35)39(5)11-7-8-29(24(39)4)37-47-34-17-25(16-33(41)36(34)51-37)20-48-13-10-27(21-48)38(49)50/h7-9,11-12,14,16-18,23-24,27H,6,10,13,15,20-21H2,1-5H3,(H,49,50). The van der Waals surface area contributed by atoms with Crippen LogP contribution in [0.2, 0.25) is 5.02 Å². The summed E-state index contributed by atoms with van der Waals surface area (Å²) in [7, 11) is 0. The number of likely N-dealkylation sites (tertiary alicyclic amines) is 1. The molecule has 11 heteroatoms. The first-order chi connectivity index (χ1) is 24.1.